The van der Waals surface area contributed by atoms with E-state index in [9.17, 15) is 9.59 Å². The van der Waals surface area contributed by atoms with Crippen molar-refractivity contribution in [2.45, 2.75) is 19.4 Å². The maximum Gasteiger partial charge on any atom is 0.258 e. The lowest BCUT2D eigenvalue weighted by molar-refractivity contribution is -0.124. The number of hydrogen-bond donors (Lipinski definition) is 3. The molecule has 9 nitrogen and oxygen atoms in total. The molecular weight excluding hydrogens is 408 g/mol. The minimum Gasteiger partial charge on any atom is -0.481 e. The third-order valence-corrected chi connectivity index (χ3v) is 5.24. The lowest BCUT2D eigenvalue weighted by atomic mass is 10.1. The molecule has 1 aliphatic rings. The van der Waals surface area contributed by atoms with Crippen molar-refractivity contribution in [1.82, 2.24) is 14.4 Å². The Kier molecular flexibility index (Phi) is 4.70. The predicted octanol–water partition coefficient (Wildman–Crippen LogP) is 2.89. The Labute approximate surface area is 183 Å². The van der Waals surface area contributed by atoms with E-state index in [4.69, 9.17) is 15.5 Å². The number of primary amides is 1. The Morgan fingerprint density at radius 2 is 2.06 bits per heavy atom. The lowest BCUT2D eigenvalue weighted by Crippen LogP contribution is -2.30. The summed E-state index contributed by atoms with van der Waals surface area (Å²) in [5.74, 6) is 0.585. The number of rotatable bonds is 6. The second kappa shape index (κ2) is 7.69. The van der Waals surface area contributed by atoms with Crippen LogP contribution in [0, 0.1) is 0 Å². The summed E-state index contributed by atoms with van der Waals surface area (Å²) < 4.78 is 7.39. The number of aromatic nitrogens is 3. The van der Waals surface area contributed by atoms with E-state index in [1.165, 1.54) is 0 Å². The van der Waals surface area contributed by atoms with Gasteiger partial charge < -0.3 is 25.5 Å². The molecule has 4 N–H and O–H groups in total. The molecule has 2 aromatic heterocycles. The van der Waals surface area contributed by atoms with Crippen LogP contribution < -0.4 is 21.1 Å². The fourth-order valence-corrected chi connectivity index (χ4v) is 3.54. The number of nitrogens with zero attached hydrogens (tertiary/aromatic N) is 3. The standard InChI is InChI=1S/C23H20N6O3/c1-13(21(24)31)32-17-6-4-16(5-7-17)26-22-23-25-8-9-29(23)12-19(28-22)14-2-3-15-11-20(30)27-18(15)10-14/h2-10,12-13H,11H2,1H3,(H2,24,31)(H,26,28)(H,27,30). The first kappa shape index (κ1) is 19.6. The second-order valence-corrected chi connectivity index (χ2v) is 7.54. The van der Waals surface area contributed by atoms with Gasteiger partial charge in [-0.1, -0.05) is 12.1 Å². The Hall–Kier alpha value is -4.40. The number of imidazole rings is 1. The van der Waals surface area contributed by atoms with E-state index in [0.29, 0.717) is 23.6 Å². The van der Waals surface area contributed by atoms with Crippen LogP contribution in [0.4, 0.5) is 17.2 Å². The van der Waals surface area contributed by atoms with Gasteiger partial charge in [0, 0.05) is 35.5 Å². The smallest absolute Gasteiger partial charge is 0.258 e. The summed E-state index contributed by atoms with van der Waals surface area (Å²) in [6.07, 6.45) is 5.14. The second-order valence-electron chi connectivity index (χ2n) is 7.54. The molecule has 9 heteroatoms. The quantitative estimate of drug-likeness (QED) is 0.434. The van der Waals surface area contributed by atoms with Crippen molar-refractivity contribution in [1.29, 1.82) is 0 Å². The fourth-order valence-electron chi connectivity index (χ4n) is 3.54. The van der Waals surface area contributed by atoms with Gasteiger partial charge in [-0.15, -0.1) is 0 Å². The van der Waals surface area contributed by atoms with E-state index < -0.39 is 12.0 Å². The first-order chi connectivity index (χ1) is 15.5. The Balaban J connectivity index is 1.45. The van der Waals surface area contributed by atoms with Crippen LogP contribution in [0.15, 0.2) is 61.1 Å². The number of nitrogens with one attached hydrogen (secondary N) is 2. The first-order valence-corrected chi connectivity index (χ1v) is 10.1. The van der Waals surface area contributed by atoms with Crippen LogP contribution >= 0.6 is 0 Å². The zero-order valence-corrected chi connectivity index (χ0v) is 17.2. The normalized spacial score (nSPS) is 13.5. The summed E-state index contributed by atoms with van der Waals surface area (Å²) in [5, 5.41) is 6.17. The summed E-state index contributed by atoms with van der Waals surface area (Å²) >= 11 is 0. The highest BCUT2D eigenvalue weighted by molar-refractivity contribution is 5.99. The zero-order valence-electron chi connectivity index (χ0n) is 17.2. The Morgan fingerprint density at radius 1 is 1.25 bits per heavy atom. The molecular formula is C23H20N6O3. The van der Waals surface area contributed by atoms with E-state index in [0.717, 1.165) is 28.2 Å². The van der Waals surface area contributed by atoms with Gasteiger partial charge in [-0.25, -0.2) is 9.97 Å². The number of anilines is 3. The van der Waals surface area contributed by atoms with Gasteiger partial charge in [0.15, 0.2) is 17.6 Å². The molecule has 0 saturated carbocycles. The van der Waals surface area contributed by atoms with Crippen molar-refractivity contribution in [2.24, 2.45) is 5.73 Å². The van der Waals surface area contributed by atoms with Crippen LogP contribution in [-0.2, 0) is 16.0 Å². The minimum absolute atomic E-state index is 0.00447. The van der Waals surface area contributed by atoms with Crippen molar-refractivity contribution in [3.8, 4) is 17.0 Å². The third-order valence-electron chi connectivity index (χ3n) is 5.24. The van der Waals surface area contributed by atoms with Gasteiger partial charge >= 0.3 is 0 Å². The molecule has 1 aliphatic heterocycles. The van der Waals surface area contributed by atoms with Gasteiger partial charge in [-0.05, 0) is 42.8 Å². The van der Waals surface area contributed by atoms with Crippen LogP contribution in [0.1, 0.15) is 12.5 Å². The van der Waals surface area contributed by atoms with Crippen LogP contribution in [0.2, 0.25) is 0 Å². The minimum atomic E-state index is -0.714. The molecule has 2 aromatic carbocycles. The number of benzene rings is 2. The van der Waals surface area contributed by atoms with E-state index in [1.807, 2.05) is 47.1 Å². The number of nitrogens with two attached hydrogens (primary N) is 1. The maximum atomic E-state index is 11.7. The van der Waals surface area contributed by atoms with Crippen LogP contribution in [-0.4, -0.2) is 32.3 Å². The summed E-state index contributed by atoms with van der Waals surface area (Å²) in [5.41, 5.74) is 10.1. The molecule has 0 bridgehead atoms. The van der Waals surface area contributed by atoms with Crippen LogP contribution in [0.3, 0.4) is 0 Å². The summed E-state index contributed by atoms with van der Waals surface area (Å²) in [4.78, 5) is 32.0. The summed E-state index contributed by atoms with van der Waals surface area (Å²) in [6.45, 7) is 1.60. The topological polar surface area (TPSA) is 124 Å². The van der Waals surface area contributed by atoms with Crippen molar-refractivity contribution in [3.63, 3.8) is 0 Å². The average molecular weight is 428 g/mol. The van der Waals surface area contributed by atoms with Crippen LogP contribution in [0.25, 0.3) is 16.9 Å². The third kappa shape index (κ3) is 3.71. The highest BCUT2D eigenvalue weighted by Crippen LogP contribution is 2.30. The predicted molar refractivity (Wildman–Crippen MR) is 120 cm³/mol. The van der Waals surface area contributed by atoms with Gasteiger partial charge in [-0.2, -0.15) is 0 Å². The molecule has 0 radical (unpaired) electrons. The van der Waals surface area contributed by atoms with Gasteiger partial charge in [-0.3, -0.25) is 9.59 Å². The number of amides is 2. The van der Waals surface area contributed by atoms with Crippen molar-refractivity contribution in [3.05, 3.63) is 66.6 Å². The van der Waals surface area contributed by atoms with Gasteiger partial charge in [0.05, 0.1) is 12.1 Å². The molecule has 1 atom stereocenters. The molecule has 0 spiro atoms. The van der Waals surface area contributed by atoms with E-state index in [1.54, 1.807) is 25.3 Å². The van der Waals surface area contributed by atoms with E-state index >= 15 is 0 Å². The molecule has 32 heavy (non-hydrogen) atoms. The van der Waals surface area contributed by atoms with Crippen molar-refractivity contribution >= 4 is 34.7 Å². The molecule has 4 aromatic rings. The number of carbonyl (C=O) groups is 2. The van der Waals surface area contributed by atoms with E-state index in [-0.39, 0.29) is 5.91 Å². The van der Waals surface area contributed by atoms with Crippen molar-refractivity contribution in [2.75, 3.05) is 10.6 Å². The maximum absolute atomic E-state index is 11.7. The van der Waals surface area contributed by atoms with E-state index in [2.05, 4.69) is 15.6 Å². The highest BCUT2D eigenvalue weighted by Gasteiger charge is 2.19. The largest absolute Gasteiger partial charge is 0.481 e. The van der Waals surface area contributed by atoms with Gasteiger partial charge in [0.1, 0.15) is 5.75 Å². The summed E-state index contributed by atoms with van der Waals surface area (Å²) in [6, 6.07) is 13.0. The molecule has 5 rings (SSSR count). The summed E-state index contributed by atoms with van der Waals surface area (Å²) in [7, 11) is 0. The molecule has 1 unspecified atom stereocenters. The number of fused-ring (bicyclic) bond motifs is 2. The van der Waals surface area contributed by atoms with Gasteiger partial charge in [0.2, 0.25) is 5.91 Å². The Morgan fingerprint density at radius 3 is 2.84 bits per heavy atom. The zero-order chi connectivity index (χ0) is 22.2. The average Bonchev–Trinajstić information content (AvgIpc) is 3.39. The molecule has 2 amide bonds. The SMILES string of the molecule is CC(Oc1ccc(Nc2nc(-c3ccc4c(c3)NC(=O)C4)cn3ccnc23)cc1)C(N)=O. The fraction of sp³-hybridized carbons (Fsp3) is 0.130. The molecule has 160 valence electrons. The van der Waals surface area contributed by atoms with Gasteiger partial charge in [0.25, 0.3) is 5.91 Å². The molecule has 0 saturated heterocycles. The molecule has 0 fully saturated rings. The molecule has 3 heterocycles. The number of hydrogen-bond acceptors (Lipinski definition) is 6. The first-order valence-electron chi connectivity index (χ1n) is 10.1. The van der Waals surface area contributed by atoms with Crippen molar-refractivity contribution < 1.29 is 14.3 Å². The molecule has 0 aliphatic carbocycles. The highest BCUT2D eigenvalue weighted by atomic mass is 16.5. The monoisotopic (exact) mass is 428 g/mol. The number of ether oxygens (including phenoxy) is 1. The van der Waals surface area contributed by atoms with Crippen LogP contribution in [0.5, 0.6) is 5.75 Å². The lowest BCUT2D eigenvalue weighted by Gasteiger charge is -2.13. The Bertz CT molecular complexity index is 1350. The number of carbonyl (C=O) groups excluding carboxylic acids is 2.